The predicted octanol–water partition coefficient (Wildman–Crippen LogP) is 0.823. The monoisotopic (exact) mass is 378 g/mol. The van der Waals surface area contributed by atoms with Crippen molar-refractivity contribution in [3.05, 3.63) is 35.4 Å². The molecule has 3 atom stereocenters. The lowest BCUT2D eigenvalue weighted by Gasteiger charge is -2.42. The first-order valence-electron chi connectivity index (χ1n) is 9.51. The zero-order chi connectivity index (χ0) is 19.0. The molecule has 2 aliphatic heterocycles. The Hall–Kier alpha value is -2.06. The third-order valence-corrected chi connectivity index (χ3v) is 6.03. The summed E-state index contributed by atoms with van der Waals surface area (Å²) in [5.74, 6) is -1.83. The largest absolute Gasteiger partial charge is 0.336 e. The predicted molar refractivity (Wildman–Crippen MR) is 94.4 cm³/mol. The fourth-order valence-electron chi connectivity index (χ4n) is 4.50. The van der Waals surface area contributed by atoms with E-state index in [9.17, 15) is 18.4 Å². The molecule has 27 heavy (non-hydrogen) atoms. The van der Waals surface area contributed by atoms with Crippen molar-refractivity contribution in [2.75, 3.05) is 26.2 Å². The lowest BCUT2D eigenvalue weighted by atomic mass is 9.82. The number of hydrogen-bond acceptors (Lipinski definition) is 4. The van der Waals surface area contributed by atoms with Crippen molar-refractivity contribution in [3.63, 3.8) is 0 Å². The van der Waals surface area contributed by atoms with E-state index in [0.29, 0.717) is 25.0 Å². The number of carbonyl (C=O) groups is 2. The van der Waals surface area contributed by atoms with Crippen molar-refractivity contribution < 1.29 is 18.4 Å². The van der Waals surface area contributed by atoms with E-state index in [1.807, 2.05) is 4.90 Å². The van der Waals surface area contributed by atoms with Crippen molar-refractivity contribution in [2.24, 2.45) is 5.92 Å². The SMILES string of the molecule is O=C(Cc1cccc(F)c1F)N1CCN(C2CCC3NNCC3C2)C(=O)C1. The fraction of sp³-hybridized carbons (Fsp3) is 0.579. The van der Waals surface area contributed by atoms with Crippen LogP contribution in [0.15, 0.2) is 18.2 Å². The van der Waals surface area contributed by atoms with Gasteiger partial charge in [0.25, 0.3) is 0 Å². The molecule has 2 amide bonds. The maximum absolute atomic E-state index is 13.8. The van der Waals surface area contributed by atoms with Crippen molar-refractivity contribution in [1.29, 1.82) is 0 Å². The molecule has 2 N–H and O–H groups in total. The first-order valence-corrected chi connectivity index (χ1v) is 9.51. The summed E-state index contributed by atoms with van der Waals surface area (Å²) in [6.45, 7) is 1.87. The molecule has 2 heterocycles. The summed E-state index contributed by atoms with van der Waals surface area (Å²) in [5, 5.41) is 0. The summed E-state index contributed by atoms with van der Waals surface area (Å²) in [7, 11) is 0. The van der Waals surface area contributed by atoms with Gasteiger partial charge in [0.05, 0.1) is 13.0 Å². The molecule has 3 aliphatic rings. The van der Waals surface area contributed by atoms with Crippen molar-refractivity contribution in [1.82, 2.24) is 20.7 Å². The molecule has 146 valence electrons. The van der Waals surface area contributed by atoms with Crippen LogP contribution in [0.1, 0.15) is 24.8 Å². The lowest BCUT2D eigenvalue weighted by molar-refractivity contribution is -0.147. The molecule has 1 aliphatic carbocycles. The smallest absolute Gasteiger partial charge is 0.242 e. The third kappa shape index (κ3) is 3.68. The molecular weight excluding hydrogens is 354 g/mol. The van der Waals surface area contributed by atoms with Gasteiger partial charge in [-0.2, -0.15) is 0 Å². The summed E-state index contributed by atoms with van der Waals surface area (Å²) in [4.78, 5) is 28.5. The summed E-state index contributed by atoms with van der Waals surface area (Å²) in [6, 6.07) is 4.51. The van der Waals surface area contributed by atoms with Gasteiger partial charge in [-0.05, 0) is 31.2 Å². The van der Waals surface area contributed by atoms with Crippen LogP contribution in [0.25, 0.3) is 0 Å². The van der Waals surface area contributed by atoms with Gasteiger partial charge in [-0.25, -0.2) is 8.78 Å². The van der Waals surface area contributed by atoms with E-state index in [1.54, 1.807) is 0 Å². The highest BCUT2D eigenvalue weighted by Crippen LogP contribution is 2.30. The molecule has 1 saturated carbocycles. The Kier molecular flexibility index (Phi) is 5.10. The van der Waals surface area contributed by atoms with Crippen LogP contribution >= 0.6 is 0 Å². The van der Waals surface area contributed by atoms with Crippen LogP contribution in [0.2, 0.25) is 0 Å². The maximum Gasteiger partial charge on any atom is 0.242 e. The third-order valence-electron chi connectivity index (χ3n) is 6.03. The number of hydrazine groups is 1. The van der Waals surface area contributed by atoms with Gasteiger partial charge in [0, 0.05) is 37.3 Å². The van der Waals surface area contributed by atoms with Crippen LogP contribution in [0.3, 0.4) is 0 Å². The molecule has 8 heteroatoms. The minimum absolute atomic E-state index is 0.0108. The van der Waals surface area contributed by atoms with Crippen LogP contribution in [-0.4, -0.2) is 59.9 Å². The number of nitrogens with one attached hydrogen (secondary N) is 2. The number of carbonyl (C=O) groups excluding carboxylic acids is 2. The molecule has 1 aromatic rings. The standard InChI is InChI=1S/C19H24F2N4O2/c20-15-3-1-2-12(19(15)21)9-17(26)24-6-7-25(18(27)11-24)14-4-5-16-13(8-14)10-22-23-16/h1-3,13-14,16,22-23H,4-11H2. The summed E-state index contributed by atoms with van der Waals surface area (Å²) in [5.41, 5.74) is 6.49. The number of piperazine rings is 1. The molecule has 0 spiro atoms. The number of fused-ring (bicyclic) bond motifs is 1. The highest BCUT2D eigenvalue weighted by molar-refractivity contribution is 5.87. The van der Waals surface area contributed by atoms with Gasteiger partial charge in [0.1, 0.15) is 0 Å². The first kappa shape index (κ1) is 18.3. The molecule has 3 unspecified atom stereocenters. The average molecular weight is 378 g/mol. The van der Waals surface area contributed by atoms with Crippen molar-refractivity contribution in [3.8, 4) is 0 Å². The Morgan fingerprint density at radius 1 is 1.22 bits per heavy atom. The van der Waals surface area contributed by atoms with Gasteiger partial charge in [0.15, 0.2) is 11.6 Å². The molecule has 1 aromatic carbocycles. The molecule has 6 nitrogen and oxygen atoms in total. The van der Waals surface area contributed by atoms with Crippen LogP contribution < -0.4 is 10.9 Å². The number of amides is 2. The number of benzene rings is 1. The number of hydrogen-bond donors (Lipinski definition) is 2. The van der Waals surface area contributed by atoms with E-state index in [2.05, 4.69) is 10.9 Å². The lowest BCUT2D eigenvalue weighted by Crippen LogP contribution is -2.57. The van der Waals surface area contributed by atoms with E-state index in [1.165, 1.54) is 17.0 Å². The minimum Gasteiger partial charge on any atom is -0.336 e. The number of halogens is 2. The molecule has 0 aromatic heterocycles. The van der Waals surface area contributed by atoms with Crippen molar-refractivity contribution >= 4 is 11.8 Å². The van der Waals surface area contributed by atoms with Gasteiger partial charge in [-0.3, -0.25) is 20.4 Å². The molecule has 0 radical (unpaired) electrons. The van der Waals surface area contributed by atoms with Gasteiger partial charge < -0.3 is 9.80 Å². The van der Waals surface area contributed by atoms with E-state index < -0.39 is 11.6 Å². The van der Waals surface area contributed by atoms with E-state index in [0.717, 1.165) is 31.9 Å². The molecular formula is C19H24F2N4O2. The summed E-state index contributed by atoms with van der Waals surface area (Å²) >= 11 is 0. The topological polar surface area (TPSA) is 64.7 Å². The van der Waals surface area contributed by atoms with E-state index in [4.69, 9.17) is 0 Å². The van der Waals surface area contributed by atoms with Crippen molar-refractivity contribution in [2.45, 2.75) is 37.8 Å². The highest BCUT2D eigenvalue weighted by atomic mass is 19.2. The Morgan fingerprint density at radius 2 is 2.07 bits per heavy atom. The Bertz CT molecular complexity index is 744. The van der Waals surface area contributed by atoms with Crippen LogP contribution in [0, 0.1) is 17.6 Å². The van der Waals surface area contributed by atoms with Gasteiger partial charge >= 0.3 is 0 Å². The fourth-order valence-corrected chi connectivity index (χ4v) is 4.50. The second-order valence-corrected chi connectivity index (χ2v) is 7.65. The zero-order valence-corrected chi connectivity index (χ0v) is 15.1. The normalized spacial score (nSPS) is 28.4. The maximum atomic E-state index is 13.8. The summed E-state index contributed by atoms with van der Waals surface area (Å²) in [6.07, 6.45) is 2.73. The second kappa shape index (κ2) is 7.52. The second-order valence-electron chi connectivity index (χ2n) is 7.65. The Morgan fingerprint density at radius 3 is 2.89 bits per heavy atom. The van der Waals surface area contributed by atoms with Gasteiger partial charge in [-0.1, -0.05) is 12.1 Å². The van der Waals surface area contributed by atoms with Crippen LogP contribution in [-0.2, 0) is 16.0 Å². The van der Waals surface area contributed by atoms with Crippen LogP contribution in [0.5, 0.6) is 0 Å². The molecule has 4 rings (SSSR count). The van der Waals surface area contributed by atoms with E-state index >= 15 is 0 Å². The first-order chi connectivity index (χ1) is 13.0. The molecule has 2 saturated heterocycles. The quantitative estimate of drug-likeness (QED) is 0.818. The number of nitrogens with zero attached hydrogens (tertiary/aromatic N) is 2. The van der Waals surface area contributed by atoms with Gasteiger partial charge in [-0.15, -0.1) is 0 Å². The number of rotatable bonds is 3. The molecule has 0 bridgehead atoms. The summed E-state index contributed by atoms with van der Waals surface area (Å²) < 4.78 is 27.1. The highest BCUT2D eigenvalue weighted by Gasteiger charge is 2.39. The molecule has 3 fully saturated rings. The van der Waals surface area contributed by atoms with Crippen LogP contribution in [0.4, 0.5) is 8.78 Å². The average Bonchev–Trinajstić information content (AvgIpc) is 3.13. The van der Waals surface area contributed by atoms with E-state index in [-0.39, 0.29) is 36.4 Å². The Balaban J connectivity index is 1.35. The zero-order valence-electron chi connectivity index (χ0n) is 15.1. The minimum atomic E-state index is -0.994. The van der Waals surface area contributed by atoms with Gasteiger partial charge in [0.2, 0.25) is 11.8 Å². The Labute approximate surface area is 156 Å².